The maximum atomic E-state index is 12.7. The Bertz CT molecular complexity index is 1080. The van der Waals surface area contributed by atoms with E-state index in [0.29, 0.717) is 23.6 Å². The van der Waals surface area contributed by atoms with Crippen molar-refractivity contribution in [2.45, 2.75) is 18.9 Å². The number of methoxy groups -OCH3 is 2. The Hall–Kier alpha value is -3.06. The van der Waals surface area contributed by atoms with Crippen LogP contribution in [0.1, 0.15) is 29.2 Å². The number of hydrogen-bond acceptors (Lipinski definition) is 5. The molecule has 2 heterocycles. The average molecular weight is 395 g/mol. The van der Waals surface area contributed by atoms with Crippen LogP contribution in [-0.2, 0) is 0 Å². The van der Waals surface area contributed by atoms with Crippen molar-refractivity contribution in [2.75, 3.05) is 33.9 Å². The summed E-state index contributed by atoms with van der Waals surface area (Å²) in [6.07, 6.45) is 1.67. The highest BCUT2D eigenvalue weighted by Crippen LogP contribution is 2.28. The number of Topliss-reactive ketones (excluding diaryl/α,β-unsaturated/α-hetero) is 1. The Kier molecular flexibility index (Phi) is 5.40. The third-order valence-electron chi connectivity index (χ3n) is 5.62. The molecular formula is C22H25N3O4. The fraction of sp³-hybridized carbons (Fsp3) is 0.364. The second-order valence-corrected chi connectivity index (χ2v) is 7.32. The molecule has 0 radical (unpaired) electrons. The Labute approximate surface area is 168 Å². The van der Waals surface area contributed by atoms with Gasteiger partial charge in [0.1, 0.15) is 0 Å². The highest BCUT2D eigenvalue weighted by molar-refractivity contribution is 5.98. The lowest BCUT2D eigenvalue weighted by molar-refractivity contribution is 0.0897. The monoisotopic (exact) mass is 395 g/mol. The Morgan fingerprint density at radius 2 is 1.79 bits per heavy atom. The molecule has 7 heteroatoms. The molecule has 1 aliphatic rings. The van der Waals surface area contributed by atoms with Crippen LogP contribution < -0.4 is 15.2 Å². The zero-order chi connectivity index (χ0) is 20.4. The normalized spacial score (nSPS) is 15.5. The lowest BCUT2D eigenvalue weighted by Gasteiger charge is -2.32. The molecule has 1 fully saturated rings. The average Bonchev–Trinajstić information content (AvgIpc) is 3.09. The molecule has 1 aliphatic heterocycles. The number of imidazole rings is 1. The zero-order valence-corrected chi connectivity index (χ0v) is 16.7. The molecule has 0 bridgehead atoms. The molecule has 3 aromatic rings. The van der Waals surface area contributed by atoms with E-state index >= 15 is 0 Å². The van der Waals surface area contributed by atoms with Gasteiger partial charge in [-0.2, -0.15) is 0 Å². The quantitative estimate of drug-likeness (QED) is 0.650. The fourth-order valence-electron chi connectivity index (χ4n) is 4.08. The van der Waals surface area contributed by atoms with Gasteiger partial charge in [0.15, 0.2) is 17.3 Å². The summed E-state index contributed by atoms with van der Waals surface area (Å²) in [6.45, 7) is 1.90. The zero-order valence-electron chi connectivity index (χ0n) is 16.7. The van der Waals surface area contributed by atoms with Gasteiger partial charge in [-0.25, -0.2) is 4.79 Å². The van der Waals surface area contributed by atoms with E-state index in [0.717, 1.165) is 37.0 Å². The van der Waals surface area contributed by atoms with Crippen LogP contribution in [0.5, 0.6) is 11.5 Å². The van der Waals surface area contributed by atoms with E-state index in [1.165, 1.54) is 0 Å². The van der Waals surface area contributed by atoms with Crippen LogP contribution in [0.3, 0.4) is 0 Å². The number of piperidine rings is 1. The molecule has 1 saturated heterocycles. The van der Waals surface area contributed by atoms with Crippen molar-refractivity contribution >= 4 is 16.8 Å². The number of ketones is 1. The SMILES string of the molecule is COc1ccc(C(=O)CN2CCC(n3c(=O)[nH]c4ccccc43)CC2)cc1OC. The minimum Gasteiger partial charge on any atom is -0.493 e. The van der Waals surface area contributed by atoms with Crippen LogP contribution in [0.2, 0.25) is 0 Å². The van der Waals surface area contributed by atoms with Crippen LogP contribution in [0.25, 0.3) is 11.0 Å². The number of likely N-dealkylation sites (tertiary alicyclic amines) is 1. The first-order valence-corrected chi connectivity index (χ1v) is 9.77. The number of nitrogens with zero attached hydrogens (tertiary/aromatic N) is 2. The molecule has 0 atom stereocenters. The summed E-state index contributed by atoms with van der Waals surface area (Å²) in [6, 6.07) is 13.1. The number of hydrogen-bond donors (Lipinski definition) is 1. The summed E-state index contributed by atoms with van der Waals surface area (Å²) >= 11 is 0. The second kappa shape index (κ2) is 8.13. The van der Waals surface area contributed by atoms with Crippen LogP contribution in [0.4, 0.5) is 0 Å². The van der Waals surface area contributed by atoms with Gasteiger partial charge >= 0.3 is 5.69 Å². The molecule has 0 saturated carbocycles. The number of aromatic amines is 1. The van der Waals surface area contributed by atoms with Crippen molar-refractivity contribution in [3.05, 3.63) is 58.5 Å². The molecule has 2 aromatic carbocycles. The van der Waals surface area contributed by atoms with Crippen molar-refractivity contribution in [2.24, 2.45) is 0 Å². The van der Waals surface area contributed by atoms with Crippen molar-refractivity contribution in [3.63, 3.8) is 0 Å². The molecule has 29 heavy (non-hydrogen) atoms. The molecule has 1 N–H and O–H groups in total. The van der Waals surface area contributed by atoms with Gasteiger partial charge < -0.3 is 14.5 Å². The maximum absolute atomic E-state index is 12.7. The van der Waals surface area contributed by atoms with Gasteiger partial charge in [-0.1, -0.05) is 12.1 Å². The molecule has 4 rings (SSSR count). The van der Waals surface area contributed by atoms with Crippen LogP contribution in [0, 0.1) is 0 Å². The number of ether oxygens (including phenoxy) is 2. The predicted octanol–water partition coefficient (Wildman–Crippen LogP) is 2.87. The van der Waals surface area contributed by atoms with Gasteiger partial charge in [-0.3, -0.25) is 14.3 Å². The first kappa shape index (κ1) is 19.3. The van der Waals surface area contributed by atoms with E-state index in [9.17, 15) is 9.59 Å². The maximum Gasteiger partial charge on any atom is 0.326 e. The van der Waals surface area contributed by atoms with E-state index in [1.54, 1.807) is 32.4 Å². The predicted molar refractivity (Wildman–Crippen MR) is 111 cm³/mol. The van der Waals surface area contributed by atoms with Crippen molar-refractivity contribution in [3.8, 4) is 11.5 Å². The van der Waals surface area contributed by atoms with E-state index < -0.39 is 0 Å². The smallest absolute Gasteiger partial charge is 0.326 e. The molecule has 152 valence electrons. The number of para-hydroxylation sites is 2. The van der Waals surface area contributed by atoms with Gasteiger partial charge in [-0.05, 0) is 43.2 Å². The number of nitrogens with one attached hydrogen (secondary N) is 1. The molecule has 0 aliphatic carbocycles. The van der Waals surface area contributed by atoms with Gasteiger partial charge in [0.05, 0.1) is 31.8 Å². The van der Waals surface area contributed by atoms with Crippen molar-refractivity contribution in [1.82, 2.24) is 14.5 Å². The second-order valence-electron chi connectivity index (χ2n) is 7.32. The van der Waals surface area contributed by atoms with Crippen molar-refractivity contribution in [1.29, 1.82) is 0 Å². The Morgan fingerprint density at radius 1 is 1.07 bits per heavy atom. The lowest BCUT2D eigenvalue weighted by atomic mass is 10.0. The third-order valence-corrected chi connectivity index (χ3v) is 5.62. The third kappa shape index (κ3) is 3.78. The van der Waals surface area contributed by atoms with Gasteiger partial charge in [0.2, 0.25) is 0 Å². The summed E-state index contributed by atoms with van der Waals surface area (Å²) in [5.74, 6) is 1.21. The molecular weight excluding hydrogens is 370 g/mol. The highest BCUT2D eigenvalue weighted by atomic mass is 16.5. The first-order chi connectivity index (χ1) is 14.1. The molecule has 0 unspecified atom stereocenters. The van der Waals surface area contributed by atoms with E-state index in [1.807, 2.05) is 28.8 Å². The summed E-state index contributed by atoms with van der Waals surface area (Å²) in [5, 5.41) is 0. The van der Waals surface area contributed by atoms with E-state index in [4.69, 9.17) is 9.47 Å². The number of aromatic nitrogens is 2. The van der Waals surface area contributed by atoms with Gasteiger partial charge in [-0.15, -0.1) is 0 Å². The Balaban J connectivity index is 1.42. The van der Waals surface area contributed by atoms with E-state index in [-0.39, 0.29) is 17.5 Å². The van der Waals surface area contributed by atoms with Crippen LogP contribution in [0.15, 0.2) is 47.3 Å². The largest absolute Gasteiger partial charge is 0.493 e. The number of H-pyrrole nitrogens is 1. The van der Waals surface area contributed by atoms with Gasteiger partial charge in [0.25, 0.3) is 0 Å². The van der Waals surface area contributed by atoms with Crippen LogP contribution >= 0.6 is 0 Å². The first-order valence-electron chi connectivity index (χ1n) is 9.77. The number of carbonyl (C=O) groups is 1. The number of carbonyl (C=O) groups excluding carboxylic acids is 1. The minimum atomic E-state index is -0.0638. The topological polar surface area (TPSA) is 76.6 Å². The number of benzene rings is 2. The molecule has 0 spiro atoms. The summed E-state index contributed by atoms with van der Waals surface area (Å²) in [4.78, 5) is 30.2. The summed E-state index contributed by atoms with van der Waals surface area (Å²) in [7, 11) is 3.13. The minimum absolute atomic E-state index is 0.0497. The number of rotatable bonds is 6. The van der Waals surface area contributed by atoms with E-state index in [2.05, 4.69) is 9.88 Å². The molecule has 7 nitrogen and oxygen atoms in total. The molecule has 0 amide bonds. The number of fused-ring (bicyclic) bond motifs is 1. The lowest BCUT2D eigenvalue weighted by Crippen LogP contribution is -2.39. The molecule has 1 aromatic heterocycles. The highest BCUT2D eigenvalue weighted by Gasteiger charge is 2.25. The standard InChI is InChI=1S/C22H25N3O4/c1-28-20-8-7-15(13-21(20)29-2)19(26)14-24-11-9-16(10-12-24)25-18-6-4-3-5-17(18)23-22(25)27/h3-8,13,16H,9-12,14H2,1-2H3,(H,23,27). The Morgan fingerprint density at radius 3 is 2.52 bits per heavy atom. The fourth-order valence-corrected chi connectivity index (χ4v) is 4.08. The van der Waals surface area contributed by atoms with Gasteiger partial charge in [0, 0.05) is 24.7 Å². The summed E-state index contributed by atoms with van der Waals surface area (Å²) < 4.78 is 12.4. The van der Waals surface area contributed by atoms with Crippen LogP contribution in [-0.4, -0.2) is 54.1 Å². The van der Waals surface area contributed by atoms with Crippen molar-refractivity contribution < 1.29 is 14.3 Å². The summed E-state index contributed by atoms with van der Waals surface area (Å²) in [5.41, 5.74) is 2.35.